The summed E-state index contributed by atoms with van der Waals surface area (Å²) in [5, 5.41) is 20.6. The van der Waals surface area contributed by atoms with Gasteiger partial charge in [0.15, 0.2) is 5.82 Å². The monoisotopic (exact) mass is 303 g/mol. The number of hydrogen-bond acceptors (Lipinski definition) is 6. The second kappa shape index (κ2) is 6.63. The highest BCUT2D eigenvalue weighted by atomic mass is 16.5. The topological polar surface area (TPSA) is 93.4 Å². The van der Waals surface area contributed by atoms with Crippen LogP contribution in [0.4, 0.5) is 0 Å². The first kappa shape index (κ1) is 14.6. The lowest BCUT2D eigenvalue weighted by Crippen LogP contribution is -2.40. The third-order valence-corrected chi connectivity index (χ3v) is 3.62. The zero-order valence-corrected chi connectivity index (χ0v) is 12.0. The zero-order valence-electron chi connectivity index (χ0n) is 12.0. The Morgan fingerprint density at radius 3 is 2.68 bits per heavy atom. The van der Waals surface area contributed by atoms with Crippen molar-refractivity contribution in [3.63, 3.8) is 0 Å². The van der Waals surface area contributed by atoms with E-state index in [1.54, 1.807) is 0 Å². The van der Waals surface area contributed by atoms with Crippen LogP contribution in [0.3, 0.4) is 0 Å². The minimum absolute atomic E-state index is 0.181. The minimum Gasteiger partial charge on any atom is -0.480 e. The van der Waals surface area contributed by atoms with E-state index in [-0.39, 0.29) is 12.6 Å². The Morgan fingerprint density at radius 2 is 2.00 bits per heavy atom. The van der Waals surface area contributed by atoms with Gasteiger partial charge in [0, 0.05) is 13.1 Å². The van der Waals surface area contributed by atoms with Gasteiger partial charge >= 0.3 is 5.97 Å². The maximum Gasteiger partial charge on any atom is 0.325 e. The number of nitrogens with zero attached hydrogens (tertiary/aromatic N) is 5. The molecule has 1 unspecified atom stereocenters. The SMILES string of the molecule is O=C(O)Cn1nnnc1C(c1ccccc1)N1CCOCC1. The van der Waals surface area contributed by atoms with E-state index < -0.39 is 5.97 Å². The molecule has 1 aliphatic rings. The highest BCUT2D eigenvalue weighted by molar-refractivity contribution is 5.66. The summed E-state index contributed by atoms with van der Waals surface area (Å²) in [6.07, 6.45) is 0. The molecule has 0 amide bonds. The van der Waals surface area contributed by atoms with Gasteiger partial charge in [0.2, 0.25) is 0 Å². The third kappa shape index (κ3) is 3.12. The number of carboxylic acids is 1. The Labute approximate surface area is 127 Å². The van der Waals surface area contributed by atoms with Crippen molar-refractivity contribution in [3.8, 4) is 0 Å². The summed E-state index contributed by atoms with van der Waals surface area (Å²) in [7, 11) is 0. The molecule has 8 heteroatoms. The van der Waals surface area contributed by atoms with Crippen LogP contribution in [0.2, 0.25) is 0 Å². The fourth-order valence-electron chi connectivity index (χ4n) is 2.64. The molecule has 2 aromatic rings. The van der Waals surface area contributed by atoms with Gasteiger partial charge in [-0.1, -0.05) is 30.3 Å². The first-order valence-electron chi connectivity index (χ1n) is 7.10. The molecule has 1 aromatic heterocycles. The molecule has 0 aliphatic carbocycles. The lowest BCUT2D eigenvalue weighted by atomic mass is 10.0. The van der Waals surface area contributed by atoms with Gasteiger partial charge in [-0.3, -0.25) is 9.69 Å². The van der Waals surface area contributed by atoms with Gasteiger partial charge in [0.25, 0.3) is 0 Å². The number of rotatable bonds is 5. The first-order chi connectivity index (χ1) is 10.8. The molecule has 1 aromatic carbocycles. The smallest absolute Gasteiger partial charge is 0.325 e. The largest absolute Gasteiger partial charge is 0.480 e. The van der Waals surface area contributed by atoms with Crippen LogP contribution < -0.4 is 0 Å². The molecule has 1 atom stereocenters. The van der Waals surface area contributed by atoms with Crippen molar-refractivity contribution >= 4 is 5.97 Å². The highest BCUT2D eigenvalue weighted by Gasteiger charge is 2.29. The molecular weight excluding hydrogens is 286 g/mol. The quantitative estimate of drug-likeness (QED) is 0.842. The average Bonchev–Trinajstić information content (AvgIpc) is 2.97. The van der Waals surface area contributed by atoms with Crippen LogP contribution >= 0.6 is 0 Å². The number of morpholine rings is 1. The Hall–Kier alpha value is -2.32. The van der Waals surface area contributed by atoms with Gasteiger partial charge in [-0.05, 0) is 16.0 Å². The van der Waals surface area contributed by atoms with Crippen molar-refractivity contribution in [1.29, 1.82) is 0 Å². The van der Waals surface area contributed by atoms with Crippen LogP contribution in [-0.4, -0.2) is 62.5 Å². The van der Waals surface area contributed by atoms with Crippen molar-refractivity contribution in [3.05, 3.63) is 41.7 Å². The van der Waals surface area contributed by atoms with Gasteiger partial charge in [0.05, 0.1) is 19.3 Å². The van der Waals surface area contributed by atoms with Crippen LogP contribution in [0.25, 0.3) is 0 Å². The molecule has 116 valence electrons. The number of aliphatic carboxylic acids is 1. The van der Waals surface area contributed by atoms with Gasteiger partial charge in [-0.25, -0.2) is 4.68 Å². The molecule has 3 rings (SSSR count). The minimum atomic E-state index is -0.970. The summed E-state index contributed by atoms with van der Waals surface area (Å²) < 4.78 is 6.75. The second-order valence-electron chi connectivity index (χ2n) is 5.05. The summed E-state index contributed by atoms with van der Waals surface area (Å²) >= 11 is 0. The first-order valence-corrected chi connectivity index (χ1v) is 7.10. The fourth-order valence-corrected chi connectivity index (χ4v) is 2.64. The molecule has 0 spiro atoms. The predicted molar refractivity (Wildman–Crippen MR) is 76.1 cm³/mol. The van der Waals surface area contributed by atoms with Crippen molar-refractivity contribution in [1.82, 2.24) is 25.1 Å². The van der Waals surface area contributed by atoms with Crippen LogP contribution in [0.5, 0.6) is 0 Å². The van der Waals surface area contributed by atoms with Crippen LogP contribution in [-0.2, 0) is 16.1 Å². The lowest BCUT2D eigenvalue weighted by Gasteiger charge is -2.33. The lowest BCUT2D eigenvalue weighted by molar-refractivity contribution is -0.138. The Bertz CT molecular complexity index is 624. The number of carboxylic acid groups (broad SMARTS) is 1. The van der Waals surface area contributed by atoms with E-state index in [9.17, 15) is 4.79 Å². The number of aromatic nitrogens is 4. The molecule has 0 bridgehead atoms. The summed E-state index contributed by atoms with van der Waals surface area (Å²) in [5.74, 6) is -0.433. The maximum atomic E-state index is 11.0. The van der Waals surface area contributed by atoms with Crippen LogP contribution in [0.1, 0.15) is 17.4 Å². The summed E-state index contributed by atoms with van der Waals surface area (Å²) in [6, 6.07) is 9.67. The number of carbonyl (C=O) groups is 1. The van der Waals surface area contributed by atoms with E-state index in [1.165, 1.54) is 4.68 Å². The Morgan fingerprint density at radius 1 is 1.27 bits per heavy atom. The highest BCUT2D eigenvalue weighted by Crippen LogP contribution is 2.27. The maximum absolute atomic E-state index is 11.0. The predicted octanol–water partition coefficient (Wildman–Crippen LogP) is 0.179. The summed E-state index contributed by atoms with van der Waals surface area (Å²) in [6.45, 7) is 2.53. The number of hydrogen-bond donors (Lipinski definition) is 1. The zero-order chi connectivity index (χ0) is 15.4. The average molecular weight is 303 g/mol. The van der Waals surface area contributed by atoms with Gasteiger partial charge in [0.1, 0.15) is 6.54 Å². The normalized spacial score (nSPS) is 17.3. The van der Waals surface area contributed by atoms with Crippen molar-refractivity contribution in [2.24, 2.45) is 0 Å². The van der Waals surface area contributed by atoms with E-state index in [1.807, 2.05) is 30.3 Å². The molecule has 1 N–H and O–H groups in total. The van der Waals surface area contributed by atoms with E-state index in [0.29, 0.717) is 19.0 Å². The van der Waals surface area contributed by atoms with E-state index >= 15 is 0 Å². The Balaban J connectivity index is 1.98. The molecule has 2 heterocycles. The fraction of sp³-hybridized carbons (Fsp3) is 0.429. The summed E-state index contributed by atoms with van der Waals surface area (Å²) in [5.41, 5.74) is 1.03. The van der Waals surface area contributed by atoms with E-state index in [0.717, 1.165) is 18.7 Å². The molecule has 0 radical (unpaired) electrons. The number of ether oxygens (including phenoxy) is 1. The van der Waals surface area contributed by atoms with Gasteiger partial charge in [-0.2, -0.15) is 0 Å². The van der Waals surface area contributed by atoms with E-state index in [2.05, 4.69) is 20.4 Å². The van der Waals surface area contributed by atoms with Crippen molar-refractivity contribution < 1.29 is 14.6 Å². The molecular formula is C14H17N5O3. The van der Waals surface area contributed by atoms with Crippen LogP contribution in [0, 0.1) is 0 Å². The van der Waals surface area contributed by atoms with Crippen molar-refractivity contribution in [2.75, 3.05) is 26.3 Å². The molecule has 1 fully saturated rings. The number of tetrazole rings is 1. The second-order valence-corrected chi connectivity index (χ2v) is 5.05. The summed E-state index contributed by atoms with van der Waals surface area (Å²) in [4.78, 5) is 13.2. The number of benzene rings is 1. The molecule has 1 aliphatic heterocycles. The van der Waals surface area contributed by atoms with Gasteiger partial charge < -0.3 is 9.84 Å². The molecule has 8 nitrogen and oxygen atoms in total. The van der Waals surface area contributed by atoms with Crippen LogP contribution in [0.15, 0.2) is 30.3 Å². The standard InChI is InChI=1S/C14H17N5O3/c20-12(21)10-19-14(15-16-17-19)13(11-4-2-1-3-5-11)18-6-8-22-9-7-18/h1-5,13H,6-10H2,(H,20,21). The third-order valence-electron chi connectivity index (χ3n) is 3.62. The van der Waals surface area contributed by atoms with Crippen molar-refractivity contribution in [2.45, 2.75) is 12.6 Å². The molecule has 0 saturated carbocycles. The molecule has 1 saturated heterocycles. The Kier molecular flexibility index (Phi) is 4.40. The van der Waals surface area contributed by atoms with Gasteiger partial charge in [-0.15, -0.1) is 5.10 Å². The molecule has 22 heavy (non-hydrogen) atoms. The van der Waals surface area contributed by atoms with E-state index in [4.69, 9.17) is 9.84 Å².